The molecular weight excluding hydrogens is 412 g/mol. The largest absolute Gasteiger partial charge is 0.493 e. The molecule has 0 radical (unpaired) electrons. The predicted octanol–water partition coefficient (Wildman–Crippen LogP) is 6.25. The van der Waals surface area contributed by atoms with Crippen LogP contribution >= 0.6 is 0 Å². The molecule has 1 amide bonds. The van der Waals surface area contributed by atoms with Gasteiger partial charge in [0, 0.05) is 0 Å². The van der Waals surface area contributed by atoms with Crippen LogP contribution in [0.5, 0.6) is 11.5 Å². The smallest absolute Gasteiger partial charge is 0.280 e. The van der Waals surface area contributed by atoms with Crippen molar-refractivity contribution in [3.63, 3.8) is 0 Å². The number of amides is 1. The van der Waals surface area contributed by atoms with Crippen LogP contribution in [-0.2, 0) is 11.4 Å². The van der Waals surface area contributed by atoms with Gasteiger partial charge in [0.05, 0.1) is 24.1 Å². The molecule has 0 saturated carbocycles. The van der Waals surface area contributed by atoms with E-state index in [1.807, 2.05) is 84.9 Å². The zero-order chi connectivity index (χ0) is 23.0. The summed E-state index contributed by atoms with van der Waals surface area (Å²) in [5.41, 5.74) is 4.14. The van der Waals surface area contributed by atoms with Crippen LogP contribution in [0.25, 0.3) is 6.08 Å². The third-order valence-electron chi connectivity index (χ3n) is 5.46. The van der Waals surface area contributed by atoms with E-state index in [2.05, 4.69) is 12.0 Å². The number of anilines is 1. The van der Waals surface area contributed by atoms with E-state index in [1.165, 1.54) is 5.01 Å². The van der Waals surface area contributed by atoms with Gasteiger partial charge in [0.1, 0.15) is 6.61 Å². The maximum Gasteiger partial charge on any atom is 0.280 e. The van der Waals surface area contributed by atoms with Gasteiger partial charge in [-0.15, -0.1) is 0 Å². The Morgan fingerprint density at radius 1 is 0.939 bits per heavy atom. The molecule has 5 heteroatoms. The van der Waals surface area contributed by atoms with Crippen LogP contribution in [0.3, 0.4) is 0 Å². The van der Waals surface area contributed by atoms with Crippen molar-refractivity contribution < 1.29 is 14.3 Å². The Balaban J connectivity index is 1.59. The molecule has 0 fully saturated rings. The van der Waals surface area contributed by atoms with Crippen molar-refractivity contribution in [2.45, 2.75) is 32.8 Å². The zero-order valence-electron chi connectivity index (χ0n) is 19.0. The fourth-order valence-corrected chi connectivity index (χ4v) is 3.67. The first kappa shape index (κ1) is 22.3. The summed E-state index contributed by atoms with van der Waals surface area (Å²) < 4.78 is 11.5. The van der Waals surface area contributed by atoms with E-state index < -0.39 is 0 Å². The molecule has 0 bridgehead atoms. The van der Waals surface area contributed by atoms with E-state index in [4.69, 9.17) is 9.47 Å². The highest BCUT2D eigenvalue weighted by molar-refractivity contribution is 6.32. The van der Waals surface area contributed by atoms with Crippen molar-refractivity contribution in [3.8, 4) is 11.5 Å². The maximum absolute atomic E-state index is 13.3. The highest BCUT2D eigenvalue weighted by atomic mass is 16.5. The number of unbranched alkanes of at least 4 members (excludes halogenated alkanes) is 1. The third-order valence-corrected chi connectivity index (χ3v) is 5.46. The van der Waals surface area contributed by atoms with E-state index in [0.717, 1.165) is 41.8 Å². The summed E-state index contributed by atoms with van der Waals surface area (Å²) in [6.07, 6.45) is 4.66. The summed E-state index contributed by atoms with van der Waals surface area (Å²) in [7, 11) is 1.62. The molecule has 4 rings (SSSR count). The average Bonchev–Trinajstić information content (AvgIpc) is 3.17. The van der Waals surface area contributed by atoms with Crippen molar-refractivity contribution in [1.29, 1.82) is 0 Å². The Morgan fingerprint density at radius 3 is 2.36 bits per heavy atom. The van der Waals surface area contributed by atoms with Gasteiger partial charge in [0.15, 0.2) is 11.5 Å². The zero-order valence-corrected chi connectivity index (χ0v) is 19.0. The van der Waals surface area contributed by atoms with Gasteiger partial charge in [-0.3, -0.25) is 4.79 Å². The highest BCUT2D eigenvalue weighted by Crippen LogP contribution is 2.32. The molecule has 168 valence electrons. The molecule has 33 heavy (non-hydrogen) atoms. The number of carbonyl (C=O) groups excluding carboxylic acids is 1. The highest BCUT2D eigenvalue weighted by Gasteiger charge is 2.30. The quantitative estimate of drug-likeness (QED) is 0.370. The lowest BCUT2D eigenvalue weighted by Gasteiger charge is -2.12. The van der Waals surface area contributed by atoms with Gasteiger partial charge in [-0.05, 0) is 54.3 Å². The molecule has 5 nitrogen and oxygen atoms in total. The normalized spacial score (nSPS) is 14.5. The molecule has 0 atom stereocenters. The van der Waals surface area contributed by atoms with Gasteiger partial charge in [-0.2, -0.15) is 10.1 Å². The summed E-state index contributed by atoms with van der Waals surface area (Å²) in [4.78, 5) is 13.3. The number of methoxy groups -OCH3 is 1. The summed E-state index contributed by atoms with van der Waals surface area (Å²) in [5, 5.41) is 6.15. The van der Waals surface area contributed by atoms with Crippen LogP contribution in [-0.4, -0.2) is 18.7 Å². The van der Waals surface area contributed by atoms with Crippen molar-refractivity contribution in [2.75, 3.05) is 12.1 Å². The third kappa shape index (κ3) is 5.32. The molecule has 3 aromatic rings. The Labute approximate surface area is 195 Å². The standard InChI is InChI=1S/C28H28N2O3/c1-3-4-15-25-24(28(31)30(29-25)23-13-9-6-10-14-23)18-22-16-17-26(27(19-22)32-2)33-20-21-11-7-5-8-12-21/h5-14,16-19H,3-4,15,20H2,1-2H3/b24-18-. The van der Waals surface area contributed by atoms with E-state index in [9.17, 15) is 4.79 Å². The molecular formula is C28H28N2O3. The summed E-state index contributed by atoms with van der Waals surface area (Å²) in [5.74, 6) is 1.17. The number of carbonyl (C=O) groups is 1. The Kier molecular flexibility index (Phi) is 7.20. The van der Waals surface area contributed by atoms with Gasteiger partial charge in [-0.25, -0.2) is 0 Å². The molecule has 1 aliphatic rings. The fraction of sp³-hybridized carbons (Fsp3) is 0.214. The van der Waals surface area contributed by atoms with Crippen LogP contribution < -0.4 is 14.5 Å². The minimum atomic E-state index is -0.115. The topological polar surface area (TPSA) is 51.1 Å². The predicted molar refractivity (Wildman–Crippen MR) is 133 cm³/mol. The Morgan fingerprint density at radius 2 is 1.67 bits per heavy atom. The van der Waals surface area contributed by atoms with Gasteiger partial charge < -0.3 is 9.47 Å². The molecule has 0 saturated heterocycles. The lowest BCUT2D eigenvalue weighted by Crippen LogP contribution is -2.21. The second-order valence-corrected chi connectivity index (χ2v) is 7.85. The van der Waals surface area contributed by atoms with Crippen molar-refractivity contribution in [1.82, 2.24) is 0 Å². The second kappa shape index (κ2) is 10.6. The molecule has 3 aromatic carbocycles. The monoisotopic (exact) mass is 440 g/mol. The van der Waals surface area contributed by atoms with Gasteiger partial charge in [-0.1, -0.05) is 67.9 Å². The molecule has 0 unspecified atom stereocenters. The first-order valence-corrected chi connectivity index (χ1v) is 11.2. The van der Waals surface area contributed by atoms with Crippen molar-refractivity contribution in [2.24, 2.45) is 5.10 Å². The summed E-state index contributed by atoms with van der Waals surface area (Å²) in [6.45, 7) is 2.59. The van der Waals surface area contributed by atoms with Gasteiger partial charge in [0.25, 0.3) is 5.91 Å². The van der Waals surface area contributed by atoms with E-state index in [0.29, 0.717) is 23.7 Å². The first-order chi connectivity index (χ1) is 16.2. The number of para-hydroxylation sites is 1. The van der Waals surface area contributed by atoms with E-state index >= 15 is 0 Å². The minimum Gasteiger partial charge on any atom is -0.493 e. The number of benzene rings is 3. The van der Waals surface area contributed by atoms with Crippen LogP contribution in [0, 0.1) is 0 Å². The Bertz CT molecular complexity index is 1150. The SMILES string of the molecule is CCCCC1=NN(c2ccccc2)C(=O)/C1=C\c1ccc(OCc2ccccc2)c(OC)c1. The van der Waals surface area contributed by atoms with Crippen molar-refractivity contribution in [3.05, 3.63) is 95.6 Å². The molecule has 0 N–H and O–H groups in total. The minimum absolute atomic E-state index is 0.115. The van der Waals surface area contributed by atoms with Crippen LogP contribution in [0.2, 0.25) is 0 Å². The fourth-order valence-electron chi connectivity index (χ4n) is 3.67. The molecule has 1 aliphatic heterocycles. The summed E-state index contributed by atoms with van der Waals surface area (Å²) >= 11 is 0. The van der Waals surface area contributed by atoms with Crippen molar-refractivity contribution >= 4 is 23.4 Å². The summed E-state index contributed by atoms with van der Waals surface area (Å²) in [6, 6.07) is 25.2. The molecule has 0 aliphatic carbocycles. The lowest BCUT2D eigenvalue weighted by atomic mass is 10.0. The molecule has 0 spiro atoms. The van der Waals surface area contributed by atoms with Gasteiger partial charge in [0.2, 0.25) is 0 Å². The van der Waals surface area contributed by atoms with Crippen LogP contribution in [0.15, 0.2) is 89.5 Å². The first-order valence-electron chi connectivity index (χ1n) is 11.2. The van der Waals surface area contributed by atoms with Crippen LogP contribution in [0.1, 0.15) is 37.3 Å². The lowest BCUT2D eigenvalue weighted by molar-refractivity contribution is -0.114. The number of ether oxygens (including phenoxy) is 2. The molecule has 0 aromatic heterocycles. The maximum atomic E-state index is 13.3. The number of nitrogens with zero attached hydrogens (tertiary/aromatic N) is 2. The van der Waals surface area contributed by atoms with Crippen LogP contribution in [0.4, 0.5) is 5.69 Å². The van der Waals surface area contributed by atoms with E-state index in [-0.39, 0.29) is 5.91 Å². The van der Waals surface area contributed by atoms with Gasteiger partial charge >= 0.3 is 0 Å². The second-order valence-electron chi connectivity index (χ2n) is 7.85. The number of hydrogen-bond acceptors (Lipinski definition) is 4. The molecule has 1 heterocycles. The average molecular weight is 441 g/mol. The number of hydrogen-bond donors (Lipinski definition) is 0. The number of rotatable bonds is 9. The Hall–Kier alpha value is -3.86. The number of hydrazone groups is 1. The van der Waals surface area contributed by atoms with E-state index in [1.54, 1.807) is 7.11 Å².